The number of benzene rings is 3. The molecule has 0 aliphatic rings. The van der Waals surface area contributed by atoms with E-state index in [0.29, 0.717) is 5.56 Å². The van der Waals surface area contributed by atoms with Crippen molar-refractivity contribution in [2.45, 2.75) is 19.1 Å². The largest absolute Gasteiger partial charge is 0.345 e. The lowest BCUT2D eigenvalue weighted by Crippen LogP contribution is -2.33. The molecule has 3 aromatic rings. The van der Waals surface area contributed by atoms with Crippen LogP contribution in [0.25, 0.3) is 0 Å². The van der Waals surface area contributed by atoms with Gasteiger partial charge in [0.2, 0.25) is 5.91 Å². The summed E-state index contributed by atoms with van der Waals surface area (Å²) in [5, 5.41) is 2.93. The van der Waals surface area contributed by atoms with Gasteiger partial charge < -0.3 is 5.32 Å². The summed E-state index contributed by atoms with van der Waals surface area (Å²) >= 11 is 0. The van der Waals surface area contributed by atoms with Crippen molar-refractivity contribution < 1.29 is 14.4 Å². The van der Waals surface area contributed by atoms with Gasteiger partial charge in [-0.05, 0) is 23.3 Å². The van der Waals surface area contributed by atoms with Gasteiger partial charge in [0.05, 0.1) is 19.1 Å². The lowest BCUT2D eigenvalue weighted by atomic mass is 10.0. The molecule has 3 aromatic carbocycles. The highest BCUT2D eigenvalue weighted by molar-refractivity contribution is 5.94. The van der Waals surface area contributed by atoms with E-state index in [1.807, 2.05) is 66.7 Å². The SMILES string of the molecule is O=C(C[C@H](NC(=O)c1ccccc1)c1ccccc1)NOCc1ccccc1. The first-order chi connectivity index (χ1) is 13.7. The molecule has 2 N–H and O–H groups in total. The van der Waals surface area contributed by atoms with E-state index < -0.39 is 6.04 Å². The van der Waals surface area contributed by atoms with Crippen molar-refractivity contribution in [3.8, 4) is 0 Å². The van der Waals surface area contributed by atoms with Crippen LogP contribution in [0.4, 0.5) is 0 Å². The molecule has 0 aromatic heterocycles. The molecular formula is C23H22N2O3. The molecular weight excluding hydrogens is 352 g/mol. The van der Waals surface area contributed by atoms with E-state index in [1.54, 1.807) is 24.3 Å². The minimum Gasteiger partial charge on any atom is -0.345 e. The average molecular weight is 374 g/mol. The molecule has 0 unspecified atom stereocenters. The Kier molecular flexibility index (Phi) is 6.93. The first-order valence-electron chi connectivity index (χ1n) is 9.08. The first kappa shape index (κ1) is 19.3. The number of carbonyl (C=O) groups is 2. The van der Waals surface area contributed by atoms with Crippen molar-refractivity contribution in [2.75, 3.05) is 0 Å². The Hall–Kier alpha value is -3.44. The number of hydroxylamine groups is 1. The van der Waals surface area contributed by atoms with Crippen LogP contribution in [0.1, 0.15) is 33.9 Å². The zero-order chi connectivity index (χ0) is 19.6. The summed E-state index contributed by atoms with van der Waals surface area (Å²) in [7, 11) is 0. The molecule has 0 aliphatic carbocycles. The maximum absolute atomic E-state index is 12.5. The smallest absolute Gasteiger partial charge is 0.251 e. The normalized spacial score (nSPS) is 11.4. The van der Waals surface area contributed by atoms with Gasteiger partial charge in [0.15, 0.2) is 0 Å². The summed E-state index contributed by atoms with van der Waals surface area (Å²) < 4.78 is 0. The Morgan fingerprint density at radius 3 is 2.00 bits per heavy atom. The Balaban J connectivity index is 1.60. The highest BCUT2D eigenvalue weighted by atomic mass is 16.6. The Bertz CT molecular complexity index is 883. The Morgan fingerprint density at radius 2 is 1.36 bits per heavy atom. The number of carbonyl (C=O) groups excluding carboxylic acids is 2. The molecule has 1 atom stereocenters. The summed E-state index contributed by atoms with van der Waals surface area (Å²) in [4.78, 5) is 30.2. The van der Waals surface area contributed by atoms with Gasteiger partial charge in [-0.15, -0.1) is 0 Å². The van der Waals surface area contributed by atoms with E-state index in [9.17, 15) is 9.59 Å². The zero-order valence-corrected chi connectivity index (χ0v) is 15.4. The monoisotopic (exact) mass is 374 g/mol. The second-order valence-electron chi connectivity index (χ2n) is 6.31. The van der Waals surface area contributed by atoms with Crippen molar-refractivity contribution in [1.82, 2.24) is 10.8 Å². The third kappa shape index (κ3) is 5.79. The van der Waals surface area contributed by atoms with Crippen LogP contribution in [-0.4, -0.2) is 11.8 Å². The van der Waals surface area contributed by atoms with Gasteiger partial charge >= 0.3 is 0 Å². The molecule has 5 nitrogen and oxygen atoms in total. The van der Waals surface area contributed by atoms with Crippen LogP contribution in [0.5, 0.6) is 0 Å². The number of nitrogens with one attached hydrogen (secondary N) is 2. The van der Waals surface area contributed by atoms with E-state index in [2.05, 4.69) is 10.8 Å². The van der Waals surface area contributed by atoms with Crippen LogP contribution in [0, 0.1) is 0 Å². The number of hydrogen-bond donors (Lipinski definition) is 2. The molecule has 2 amide bonds. The van der Waals surface area contributed by atoms with E-state index >= 15 is 0 Å². The molecule has 5 heteroatoms. The predicted octanol–water partition coefficient (Wildman–Crippen LogP) is 3.80. The number of hydrogen-bond acceptors (Lipinski definition) is 3. The molecule has 0 fully saturated rings. The summed E-state index contributed by atoms with van der Waals surface area (Å²) in [6.07, 6.45) is 0.0668. The van der Waals surface area contributed by atoms with Crippen molar-refractivity contribution in [3.05, 3.63) is 108 Å². The van der Waals surface area contributed by atoms with Crippen molar-refractivity contribution in [3.63, 3.8) is 0 Å². The van der Waals surface area contributed by atoms with Gasteiger partial charge in [-0.25, -0.2) is 5.48 Å². The van der Waals surface area contributed by atoms with Gasteiger partial charge in [-0.1, -0.05) is 78.9 Å². The van der Waals surface area contributed by atoms with Crippen molar-refractivity contribution in [1.29, 1.82) is 0 Å². The predicted molar refractivity (Wildman–Crippen MR) is 107 cm³/mol. The van der Waals surface area contributed by atoms with Crippen molar-refractivity contribution in [2.24, 2.45) is 0 Å². The van der Waals surface area contributed by atoms with E-state index in [-0.39, 0.29) is 24.8 Å². The molecule has 0 heterocycles. The third-order valence-electron chi connectivity index (χ3n) is 4.20. The van der Waals surface area contributed by atoms with E-state index in [4.69, 9.17) is 4.84 Å². The molecule has 0 spiro atoms. The fraction of sp³-hybridized carbons (Fsp3) is 0.130. The topological polar surface area (TPSA) is 67.4 Å². The lowest BCUT2D eigenvalue weighted by molar-refractivity contribution is -0.135. The lowest BCUT2D eigenvalue weighted by Gasteiger charge is -2.19. The van der Waals surface area contributed by atoms with Gasteiger partial charge in [0.25, 0.3) is 5.91 Å². The molecule has 0 saturated heterocycles. The zero-order valence-electron chi connectivity index (χ0n) is 15.4. The van der Waals surface area contributed by atoms with Gasteiger partial charge in [-0.2, -0.15) is 0 Å². The van der Waals surface area contributed by atoms with E-state index in [0.717, 1.165) is 11.1 Å². The van der Waals surface area contributed by atoms with Crippen LogP contribution in [0.15, 0.2) is 91.0 Å². The third-order valence-corrected chi connectivity index (χ3v) is 4.20. The van der Waals surface area contributed by atoms with Crippen LogP contribution in [0.3, 0.4) is 0 Å². The summed E-state index contributed by atoms with van der Waals surface area (Å²) in [5.41, 5.74) is 4.81. The summed E-state index contributed by atoms with van der Waals surface area (Å²) in [6.45, 7) is 0.277. The first-order valence-corrected chi connectivity index (χ1v) is 9.08. The fourth-order valence-electron chi connectivity index (χ4n) is 2.77. The maximum Gasteiger partial charge on any atom is 0.251 e. The highest BCUT2D eigenvalue weighted by Gasteiger charge is 2.19. The second-order valence-corrected chi connectivity index (χ2v) is 6.31. The van der Waals surface area contributed by atoms with Crippen LogP contribution < -0.4 is 10.8 Å². The van der Waals surface area contributed by atoms with Gasteiger partial charge in [-0.3, -0.25) is 14.4 Å². The number of rotatable bonds is 8. The molecule has 3 rings (SSSR count). The second kappa shape index (κ2) is 10.0. The summed E-state index contributed by atoms with van der Waals surface area (Å²) in [6, 6.07) is 27.4. The fourth-order valence-corrected chi connectivity index (χ4v) is 2.77. The minimum atomic E-state index is -0.464. The highest BCUT2D eigenvalue weighted by Crippen LogP contribution is 2.17. The minimum absolute atomic E-state index is 0.0668. The molecule has 28 heavy (non-hydrogen) atoms. The maximum atomic E-state index is 12.5. The van der Waals surface area contributed by atoms with Crippen LogP contribution in [-0.2, 0) is 16.2 Å². The van der Waals surface area contributed by atoms with E-state index in [1.165, 1.54) is 0 Å². The van der Waals surface area contributed by atoms with Gasteiger partial charge in [0.1, 0.15) is 0 Å². The molecule has 0 aliphatic heterocycles. The van der Waals surface area contributed by atoms with Crippen LogP contribution in [0.2, 0.25) is 0 Å². The standard InChI is InChI=1S/C23H22N2O3/c26-22(25-28-17-18-10-4-1-5-11-18)16-21(19-12-6-2-7-13-19)24-23(27)20-14-8-3-9-15-20/h1-15,21H,16-17H2,(H,24,27)(H,25,26)/t21-/m0/s1. The van der Waals surface area contributed by atoms with Gasteiger partial charge in [0, 0.05) is 5.56 Å². The molecule has 0 saturated carbocycles. The molecule has 0 radical (unpaired) electrons. The van der Waals surface area contributed by atoms with Crippen molar-refractivity contribution >= 4 is 11.8 Å². The Morgan fingerprint density at radius 1 is 0.786 bits per heavy atom. The molecule has 0 bridgehead atoms. The summed E-state index contributed by atoms with van der Waals surface area (Å²) in [5.74, 6) is -0.536. The average Bonchev–Trinajstić information content (AvgIpc) is 2.75. The quantitative estimate of drug-likeness (QED) is 0.590. The Labute approximate surface area is 164 Å². The van der Waals surface area contributed by atoms with Crippen LogP contribution >= 0.6 is 0 Å². The number of amides is 2. The molecule has 142 valence electrons.